The van der Waals surface area contributed by atoms with Crippen molar-refractivity contribution >= 4 is 21.4 Å². The Labute approximate surface area is 131 Å². The molecule has 1 aliphatic carbocycles. The highest BCUT2D eigenvalue weighted by Gasteiger charge is 2.34. The third kappa shape index (κ3) is 4.16. The molecule has 0 unspecified atom stereocenters. The minimum atomic E-state index is -3.47. The minimum Gasteiger partial charge on any atom is -0.310 e. The van der Waals surface area contributed by atoms with E-state index in [1.165, 1.54) is 28.5 Å². The summed E-state index contributed by atoms with van der Waals surface area (Å²) in [7, 11) is -3.47. The van der Waals surface area contributed by atoms with E-state index in [4.69, 9.17) is 0 Å². The molecule has 1 heterocycles. The summed E-state index contributed by atoms with van der Waals surface area (Å²) in [5.41, 5.74) is 0.571. The molecule has 6 heteroatoms. The standard InChI is InChI=1S/C15H24N2O2S2/c1-5-8-17(15(2,3)4)21(18,19)14-9-12(11-20-14)10-16-13-6-7-13/h5,9,11,13,16H,1,6-8,10H2,2-4H3. The van der Waals surface area contributed by atoms with Crippen LogP contribution < -0.4 is 5.32 Å². The van der Waals surface area contributed by atoms with Crippen molar-refractivity contribution in [2.75, 3.05) is 6.54 Å². The lowest BCUT2D eigenvalue weighted by molar-refractivity contribution is 0.270. The highest BCUT2D eigenvalue weighted by atomic mass is 32.2. The van der Waals surface area contributed by atoms with Gasteiger partial charge < -0.3 is 5.32 Å². The van der Waals surface area contributed by atoms with E-state index < -0.39 is 15.6 Å². The maximum Gasteiger partial charge on any atom is 0.253 e. The normalized spacial score (nSPS) is 16.4. The number of hydrogen-bond acceptors (Lipinski definition) is 4. The fraction of sp³-hybridized carbons (Fsp3) is 0.600. The predicted octanol–water partition coefficient (Wildman–Crippen LogP) is 2.98. The van der Waals surface area contributed by atoms with Crippen molar-refractivity contribution in [1.82, 2.24) is 9.62 Å². The summed E-state index contributed by atoms with van der Waals surface area (Å²) in [5.74, 6) is 0. The van der Waals surface area contributed by atoms with E-state index in [2.05, 4.69) is 11.9 Å². The van der Waals surface area contributed by atoms with Crippen LogP contribution >= 0.6 is 11.3 Å². The van der Waals surface area contributed by atoms with Gasteiger partial charge in [0.15, 0.2) is 0 Å². The van der Waals surface area contributed by atoms with Crippen molar-refractivity contribution in [1.29, 1.82) is 0 Å². The van der Waals surface area contributed by atoms with Crippen molar-refractivity contribution in [2.24, 2.45) is 0 Å². The largest absolute Gasteiger partial charge is 0.310 e. The number of rotatable bonds is 7. The molecule has 0 bridgehead atoms. The second-order valence-electron chi connectivity index (χ2n) is 6.42. The van der Waals surface area contributed by atoms with Crippen LogP contribution in [-0.2, 0) is 16.6 Å². The van der Waals surface area contributed by atoms with Crippen molar-refractivity contribution < 1.29 is 8.42 Å². The minimum absolute atomic E-state index is 0.319. The Kier molecular flexibility index (Phi) is 4.92. The smallest absolute Gasteiger partial charge is 0.253 e. The number of nitrogens with one attached hydrogen (secondary N) is 1. The Morgan fingerprint density at radius 2 is 2.14 bits per heavy atom. The van der Waals surface area contributed by atoms with E-state index in [1.54, 1.807) is 12.1 Å². The fourth-order valence-electron chi connectivity index (χ4n) is 2.09. The summed E-state index contributed by atoms with van der Waals surface area (Å²) in [6, 6.07) is 2.41. The Hall–Kier alpha value is -0.690. The third-order valence-electron chi connectivity index (χ3n) is 3.39. The van der Waals surface area contributed by atoms with Crippen LogP contribution in [0.5, 0.6) is 0 Å². The van der Waals surface area contributed by atoms with Gasteiger partial charge in [0.25, 0.3) is 10.0 Å². The van der Waals surface area contributed by atoms with Crippen LogP contribution in [0, 0.1) is 0 Å². The maximum absolute atomic E-state index is 12.8. The van der Waals surface area contributed by atoms with Gasteiger partial charge in [-0.25, -0.2) is 8.42 Å². The van der Waals surface area contributed by atoms with Crippen molar-refractivity contribution in [3.63, 3.8) is 0 Å². The molecular formula is C15H24N2O2S2. The highest BCUT2D eigenvalue weighted by molar-refractivity contribution is 7.91. The van der Waals surface area contributed by atoms with Gasteiger partial charge in [0.05, 0.1) is 0 Å². The SMILES string of the molecule is C=CCN(C(C)(C)C)S(=O)(=O)c1cc(CNC2CC2)cs1. The monoisotopic (exact) mass is 328 g/mol. The Morgan fingerprint density at radius 1 is 1.48 bits per heavy atom. The van der Waals surface area contributed by atoms with E-state index in [0.29, 0.717) is 16.8 Å². The van der Waals surface area contributed by atoms with Gasteiger partial charge in [-0.3, -0.25) is 0 Å². The zero-order valence-corrected chi connectivity index (χ0v) is 14.6. The van der Waals surface area contributed by atoms with Crippen LogP contribution in [0.4, 0.5) is 0 Å². The zero-order valence-electron chi connectivity index (χ0n) is 12.9. The first-order valence-electron chi connectivity index (χ1n) is 7.19. The van der Waals surface area contributed by atoms with Crippen molar-refractivity contribution in [3.05, 3.63) is 29.7 Å². The van der Waals surface area contributed by atoms with E-state index >= 15 is 0 Å². The molecule has 1 aromatic heterocycles. The van der Waals surface area contributed by atoms with Gasteiger partial charge in [0.2, 0.25) is 0 Å². The van der Waals surface area contributed by atoms with Crippen molar-refractivity contribution in [2.45, 2.75) is 55.9 Å². The van der Waals surface area contributed by atoms with Crippen LogP contribution in [0.15, 0.2) is 28.3 Å². The van der Waals surface area contributed by atoms with E-state index in [9.17, 15) is 8.42 Å². The molecule has 0 atom stereocenters. The molecule has 118 valence electrons. The lowest BCUT2D eigenvalue weighted by Crippen LogP contribution is -2.45. The number of sulfonamides is 1. The number of nitrogens with zero attached hydrogens (tertiary/aromatic N) is 1. The summed E-state index contributed by atoms with van der Waals surface area (Å²) in [5, 5.41) is 5.33. The first-order valence-corrected chi connectivity index (χ1v) is 9.51. The van der Waals surface area contributed by atoms with Gasteiger partial charge in [0.1, 0.15) is 4.21 Å². The molecule has 1 aliphatic rings. The van der Waals surface area contributed by atoms with Crippen LogP contribution in [0.3, 0.4) is 0 Å². The van der Waals surface area contributed by atoms with E-state index in [-0.39, 0.29) is 0 Å². The summed E-state index contributed by atoms with van der Waals surface area (Å²) in [6.45, 7) is 10.4. The topological polar surface area (TPSA) is 49.4 Å². The average molecular weight is 329 g/mol. The first-order chi connectivity index (χ1) is 9.75. The van der Waals surface area contributed by atoms with Crippen LogP contribution in [0.25, 0.3) is 0 Å². The molecule has 0 radical (unpaired) electrons. The van der Waals surface area contributed by atoms with Crippen LogP contribution in [0.1, 0.15) is 39.2 Å². The third-order valence-corrected chi connectivity index (χ3v) is 6.98. The molecular weight excluding hydrogens is 304 g/mol. The highest BCUT2D eigenvalue weighted by Crippen LogP contribution is 2.29. The first kappa shape index (κ1) is 16.7. The predicted molar refractivity (Wildman–Crippen MR) is 88.0 cm³/mol. The fourth-order valence-corrected chi connectivity index (χ4v) is 5.17. The van der Waals surface area contributed by atoms with Gasteiger partial charge in [-0.1, -0.05) is 6.08 Å². The summed E-state index contributed by atoms with van der Waals surface area (Å²) < 4.78 is 27.5. The molecule has 1 N–H and O–H groups in total. The Morgan fingerprint density at radius 3 is 2.67 bits per heavy atom. The van der Waals surface area contributed by atoms with Crippen LogP contribution in [0.2, 0.25) is 0 Å². The van der Waals surface area contributed by atoms with Crippen molar-refractivity contribution in [3.8, 4) is 0 Å². The van der Waals surface area contributed by atoms with Gasteiger partial charge in [-0.05, 0) is 50.6 Å². The molecule has 4 nitrogen and oxygen atoms in total. The maximum atomic E-state index is 12.8. The van der Waals surface area contributed by atoms with Gasteiger partial charge >= 0.3 is 0 Å². The van der Waals surface area contributed by atoms with Crippen LogP contribution in [-0.4, -0.2) is 30.8 Å². The molecule has 1 saturated carbocycles. The molecule has 21 heavy (non-hydrogen) atoms. The van der Waals surface area contributed by atoms with E-state index in [1.807, 2.05) is 26.2 Å². The summed E-state index contributed by atoms with van der Waals surface area (Å²) >= 11 is 1.29. The molecule has 1 fully saturated rings. The zero-order chi connectivity index (χ0) is 15.7. The second-order valence-corrected chi connectivity index (χ2v) is 9.43. The second kappa shape index (κ2) is 6.20. The Bertz CT molecular complexity index is 595. The van der Waals surface area contributed by atoms with Gasteiger partial charge in [0, 0.05) is 24.7 Å². The summed E-state index contributed by atoms with van der Waals surface area (Å²) in [6.07, 6.45) is 4.09. The lowest BCUT2D eigenvalue weighted by Gasteiger charge is -2.33. The molecule has 0 aliphatic heterocycles. The van der Waals surface area contributed by atoms with Gasteiger partial charge in [-0.2, -0.15) is 4.31 Å². The average Bonchev–Trinajstić information content (AvgIpc) is 3.08. The van der Waals surface area contributed by atoms with E-state index in [0.717, 1.165) is 12.1 Å². The number of thiophene rings is 1. The van der Waals surface area contributed by atoms with Gasteiger partial charge in [-0.15, -0.1) is 17.9 Å². The molecule has 0 saturated heterocycles. The quantitative estimate of drug-likeness (QED) is 0.783. The molecule has 0 spiro atoms. The summed E-state index contributed by atoms with van der Waals surface area (Å²) in [4.78, 5) is 0. The number of hydrogen-bond donors (Lipinski definition) is 1. The molecule has 2 rings (SSSR count). The molecule has 0 amide bonds. The molecule has 1 aromatic rings. The lowest BCUT2D eigenvalue weighted by atomic mass is 10.1. The molecule has 0 aromatic carbocycles. The Balaban J connectivity index is 2.18.